The highest BCUT2D eigenvalue weighted by atomic mass is 15.3. The van der Waals surface area contributed by atoms with Gasteiger partial charge in [-0.2, -0.15) is 0 Å². The zero-order chi connectivity index (χ0) is 12.3. The maximum Gasteiger partial charge on any atom is 0.162 e. The van der Waals surface area contributed by atoms with Crippen molar-refractivity contribution in [3.05, 3.63) is 35.8 Å². The Morgan fingerprint density at radius 1 is 1.35 bits per heavy atom. The van der Waals surface area contributed by atoms with Crippen LogP contribution < -0.4 is 11.3 Å². The molecule has 0 atom stereocenters. The number of nitrogens with one attached hydrogen (secondary N) is 1. The molecule has 0 saturated carbocycles. The van der Waals surface area contributed by atoms with Crippen LogP contribution in [0.1, 0.15) is 18.2 Å². The van der Waals surface area contributed by atoms with Gasteiger partial charge in [-0.25, -0.2) is 15.8 Å². The van der Waals surface area contributed by atoms with Crippen LogP contribution in [0.25, 0.3) is 11.4 Å². The molecule has 0 aliphatic carbocycles. The molecule has 0 aliphatic heterocycles. The molecule has 2 heterocycles. The molecule has 0 unspecified atom stereocenters. The van der Waals surface area contributed by atoms with Gasteiger partial charge < -0.3 is 5.43 Å². The van der Waals surface area contributed by atoms with Crippen molar-refractivity contribution in [3.8, 4) is 11.4 Å². The van der Waals surface area contributed by atoms with Crippen LogP contribution >= 0.6 is 0 Å². The molecule has 0 aromatic carbocycles. The minimum Gasteiger partial charge on any atom is -0.308 e. The highest BCUT2D eigenvalue weighted by molar-refractivity contribution is 5.60. The predicted octanol–water partition coefficient (Wildman–Crippen LogP) is 1.70. The fourth-order valence-corrected chi connectivity index (χ4v) is 1.60. The monoisotopic (exact) mass is 229 g/mol. The maximum absolute atomic E-state index is 5.41. The van der Waals surface area contributed by atoms with Crippen LogP contribution in [0.3, 0.4) is 0 Å². The molecule has 17 heavy (non-hydrogen) atoms. The van der Waals surface area contributed by atoms with Crippen LogP contribution in [0, 0.1) is 6.92 Å². The van der Waals surface area contributed by atoms with Gasteiger partial charge in [0.1, 0.15) is 5.82 Å². The van der Waals surface area contributed by atoms with Crippen LogP contribution in [0.4, 0.5) is 5.82 Å². The molecule has 88 valence electrons. The highest BCUT2D eigenvalue weighted by Gasteiger charge is 2.07. The van der Waals surface area contributed by atoms with E-state index < -0.39 is 0 Å². The van der Waals surface area contributed by atoms with E-state index in [1.165, 1.54) is 0 Å². The third kappa shape index (κ3) is 2.39. The summed E-state index contributed by atoms with van der Waals surface area (Å²) >= 11 is 0. The summed E-state index contributed by atoms with van der Waals surface area (Å²) in [5.74, 6) is 6.71. The first kappa shape index (κ1) is 11.5. The number of aromatic nitrogens is 3. The van der Waals surface area contributed by atoms with Crippen LogP contribution in [-0.4, -0.2) is 15.0 Å². The number of hydrogen-bond acceptors (Lipinski definition) is 5. The van der Waals surface area contributed by atoms with Gasteiger partial charge in [-0.15, -0.1) is 0 Å². The number of anilines is 1. The zero-order valence-electron chi connectivity index (χ0n) is 9.94. The van der Waals surface area contributed by atoms with E-state index in [2.05, 4.69) is 20.4 Å². The van der Waals surface area contributed by atoms with E-state index in [-0.39, 0.29) is 0 Å². The molecule has 0 fully saturated rings. The Kier molecular flexibility index (Phi) is 3.30. The van der Waals surface area contributed by atoms with E-state index in [1.54, 1.807) is 12.4 Å². The second-order valence-electron chi connectivity index (χ2n) is 3.76. The first-order valence-electron chi connectivity index (χ1n) is 5.50. The van der Waals surface area contributed by atoms with E-state index in [0.29, 0.717) is 11.6 Å². The number of hydrogen-bond donors (Lipinski definition) is 2. The molecular formula is C12H15N5. The van der Waals surface area contributed by atoms with Crippen molar-refractivity contribution in [3.63, 3.8) is 0 Å². The molecule has 0 saturated heterocycles. The fraction of sp³-hybridized carbons (Fsp3) is 0.250. The standard InChI is InChI=1S/C12H15N5/c1-3-9-6-11(17-13)16-12(15-9)10-4-5-14-7-8(10)2/h4-7H,3,13H2,1-2H3,(H,15,16,17). The first-order valence-corrected chi connectivity index (χ1v) is 5.50. The molecule has 0 radical (unpaired) electrons. The van der Waals surface area contributed by atoms with Crippen molar-refractivity contribution in [1.29, 1.82) is 0 Å². The van der Waals surface area contributed by atoms with Gasteiger partial charge in [0, 0.05) is 29.7 Å². The Hall–Kier alpha value is -2.01. The molecule has 3 N–H and O–H groups in total. The van der Waals surface area contributed by atoms with E-state index in [4.69, 9.17) is 5.84 Å². The van der Waals surface area contributed by atoms with Gasteiger partial charge in [0.15, 0.2) is 5.82 Å². The summed E-state index contributed by atoms with van der Waals surface area (Å²) in [6.07, 6.45) is 4.38. The Morgan fingerprint density at radius 3 is 2.82 bits per heavy atom. The van der Waals surface area contributed by atoms with Crippen molar-refractivity contribution >= 4 is 5.82 Å². The lowest BCUT2D eigenvalue weighted by Crippen LogP contribution is -2.10. The zero-order valence-corrected chi connectivity index (χ0v) is 9.94. The number of nitrogens with two attached hydrogens (primary N) is 1. The average molecular weight is 229 g/mol. The normalized spacial score (nSPS) is 10.3. The molecule has 2 aromatic heterocycles. The molecule has 2 aromatic rings. The smallest absolute Gasteiger partial charge is 0.162 e. The van der Waals surface area contributed by atoms with Crippen LogP contribution in [0.5, 0.6) is 0 Å². The van der Waals surface area contributed by atoms with Gasteiger partial charge in [0.2, 0.25) is 0 Å². The van der Waals surface area contributed by atoms with Crippen LogP contribution in [0.15, 0.2) is 24.5 Å². The highest BCUT2D eigenvalue weighted by Crippen LogP contribution is 2.20. The molecule has 0 amide bonds. The fourth-order valence-electron chi connectivity index (χ4n) is 1.60. The van der Waals surface area contributed by atoms with Gasteiger partial charge >= 0.3 is 0 Å². The first-order chi connectivity index (χ1) is 8.24. The van der Waals surface area contributed by atoms with Crippen LogP contribution in [-0.2, 0) is 6.42 Å². The number of pyridine rings is 1. The van der Waals surface area contributed by atoms with E-state index in [9.17, 15) is 0 Å². The third-order valence-electron chi connectivity index (χ3n) is 2.55. The molecule has 0 bridgehead atoms. The summed E-state index contributed by atoms with van der Waals surface area (Å²) in [5, 5.41) is 0. The molecule has 5 heteroatoms. The Bertz CT molecular complexity index is 502. The largest absolute Gasteiger partial charge is 0.308 e. The van der Waals surface area contributed by atoms with Gasteiger partial charge in [0.25, 0.3) is 0 Å². The molecule has 5 nitrogen and oxygen atoms in total. The van der Waals surface area contributed by atoms with Gasteiger partial charge in [0.05, 0.1) is 0 Å². The summed E-state index contributed by atoms with van der Waals surface area (Å²) in [4.78, 5) is 12.9. The molecule has 2 rings (SSSR count). The minimum absolute atomic E-state index is 0.628. The summed E-state index contributed by atoms with van der Waals surface area (Å²) in [7, 11) is 0. The second-order valence-corrected chi connectivity index (χ2v) is 3.76. The van der Waals surface area contributed by atoms with Gasteiger partial charge in [-0.3, -0.25) is 4.98 Å². The number of aryl methyl sites for hydroxylation is 2. The lowest BCUT2D eigenvalue weighted by Gasteiger charge is -2.08. The third-order valence-corrected chi connectivity index (χ3v) is 2.55. The summed E-state index contributed by atoms with van der Waals surface area (Å²) in [6, 6.07) is 3.75. The summed E-state index contributed by atoms with van der Waals surface area (Å²) in [6.45, 7) is 4.03. The number of rotatable bonds is 3. The number of nitrogens with zero attached hydrogens (tertiary/aromatic N) is 3. The van der Waals surface area contributed by atoms with Crippen molar-refractivity contribution in [1.82, 2.24) is 15.0 Å². The topological polar surface area (TPSA) is 76.7 Å². The van der Waals surface area contributed by atoms with Crippen molar-refractivity contribution in [2.75, 3.05) is 5.43 Å². The lowest BCUT2D eigenvalue weighted by atomic mass is 10.1. The summed E-state index contributed by atoms with van der Waals surface area (Å²) in [5.41, 5.74) is 5.55. The Balaban J connectivity index is 2.55. The summed E-state index contributed by atoms with van der Waals surface area (Å²) < 4.78 is 0. The number of nitrogen functional groups attached to an aromatic ring is 1. The van der Waals surface area contributed by atoms with Crippen molar-refractivity contribution in [2.24, 2.45) is 5.84 Å². The maximum atomic E-state index is 5.41. The minimum atomic E-state index is 0.628. The quantitative estimate of drug-likeness (QED) is 0.618. The van der Waals surface area contributed by atoms with Crippen molar-refractivity contribution in [2.45, 2.75) is 20.3 Å². The van der Waals surface area contributed by atoms with E-state index >= 15 is 0 Å². The Labute approximate surface area is 100 Å². The van der Waals surface area contributed by atoms with E-state index in [0.717, 1.165) is 23.2 Å². The van der Waals surface area contributed by atoms with Crippen LogP contribution in [0.2, 0.25) is 0 Å². The number of hydrazine groups is 1. The molecule has 0 spiro atoms. The lowest BCUT2D eigenvalue weighted by molar-refractivity contribution is 0.999. The Morgan fingerprint density at radius 2 is 2.18 bits per heavy atom. The SMILES string of the molecule is CCc1cc(NN)nc(-c2ccncc2C)n1. The molecular weight excluding hydrogens is 214 g/mol. The van der Waals surface area contributed by atoms with E-state index in [1.807, 2.05) is 26.0 Å². The van der Waals surface area contributed by atoms with Crippen molar-refractivity contribution < 1.29 is 0 Å². The van der Waals surface area contributed by atoms with Gasteiger partial charge in [-0.1, -0.05) is 6.92 Å². The predicted molar refractivity (Wildman–Crippen MR) is 67.2 cm³/mol. The van der Waals surface area contributed by atoms with Gasteiger partial charge in [-0.05, 0) is 25.0 Å². The second kappa shape index (κ2) is 4.88. The molecule has 0 aliphatic rings. The average Bonchev–Trinajstić information content (AvgIpc) is 2.38.